The summed E-state index contributed by atoms with van der Waals surface area (Å²) < 4.78 is 24.4. The Bertz CT molecular complexity index is 1030. The molecule has 1 fully saturated rings. The van der Waals surface area contributed by atoms with Crippen LogP contribution in [0.15, 0.2) is 18.2 Å². The molecule has 11 nitrogen and oxygen atoms in total. The maximum Gasteiger partial charge on any atom is 0.414 e. The summed E-state index contributed by atoms with van der Waals surface area (Å²) in [6, 6.07) is 4.13. The summed E-state index contributed by atoms with van der Waals surface area (Å²) in [6.45, 7) is 2.38. The van der Waals surface area contributed by atoms with Gasteiger partial charge in [0.2, 0.25) is 11.0 Å². The van der Waals surface area contributed by atoms with Crippen LogP contribution in [-0.2, 0) is 23.9 Å². The summed E-state index contributed by atoms with van der Waals surface area (Å²) in [5.74, 6) is -2.10. The van der Waals surface area contributed by atoms with Crippen molar-refractivity contribution in [2.75, 3.05) is 29.9 Å². The van der Waals surface area contributed by atoms with E-state index in [2.05, 4.69) is 25.6 Å². The molecular weight excluding hydrogens is 433 g/mol. The van der Waals surface area contributed by atoms with Crippen LogP contribution >= 0.6 is 11.3 Å². The van der Waals surface area contributed by atoms with Crippen molar-refractivity contribution in [1.29, 1.82) is 0 Å². The Morgan fingerprint density at radius 3 is 2.77 bits per heavy atom. The number of nitrogens with one attached hydrogen (secondary N) is 2. The van der Waals surface area contributed by atoms with E-state index in [1.54, 1.807) is 0 Å². The number of nitrogens with zero attached hydrogens (tertiary/aromatic N) is 3. The van der Waals surface area contributed by atoms with Crippen molar-refractivity contribution in [3.63, 3.8) is 0 Å². The van der Waals surface area contributed by atoms with Crippen LogP contribution in [0.1, 0.15) is 13.8 Å². The molecule has 0 aliphatic carbocycles. The molecule has 0 spiro atoms. The zero-order chi connectivity index (χ0) is 22.5. The summed E-state index contributed by atoms with van der Waals surface area (Å²) in [4.78, 5) is 46.7. The third kappa shape index (κ3) is 5.72. The predicted molar refractivity (Wildman–Crippen MR) is 107 cm³/mol. The molecule has 3 amide bonds. The molecule has 1 aromatic carbocycles. The first-order valence-electron chi connectivity index (χ1n) is 9.02. The molecule has 164 valence electrons. The van der Waals surface area contributed by atoms with Gasteiger partial charge in [0.15, 0.2) is 11.6 Å². The normalized spacial score (nSPS) is 15.4. The Kier molecular flexibility index (Phi) is 6.74. The molecule has 1 unspecified atom stereocenters. The number of hydrogen-bond acceptors (Lipinski definition) is 9. The van der Waals surface area contributed by atoms with E-state index in [0.717, 1.165) is 17.4 Å². The molecule has 3 rings (SSSR count). The second-order valence-corrected chi connectivity index (χ2v) is 7.44. The molecule has 0 bridgehead atoms. The minimum absolute atomic E-state index is 0.111. The minimum Gasteiger partial charge on any atom is -0.456 e. The lowest BCUT2D eigenvalue weighted by atomic mass is 10.2. The number of carbonyl (C=O) groups excluding carboxylic acids is 4. The first-order chi connectivity index (χ1) is 14.7. The van der Waals surface area contributed by atoms with Crippen LogP contribution in [0.5, 0.6) is 0 Å². The molecule has 2 aromatic rings. The molecular formula is C18H18FN5O6S. The second kappa shape index (κ2) is 9.47. The molecule has 13 heteroatoms. The SMILES string of the molecule is CC(=O)NCC1CN(c2ccc(-c3nnc(NC(=O)COC(C)=O)s3)c(F)c2)C(=O)O1. The van der Waals surface area contributed by atoms with Gasteiger partial charge in [0, 0.05) is 19.4 Å². The highest BCUT2D eigenvalue weighted by Crippen LogP contribution is 2.32. The average molecular weight is 451 g/mol. The van der Waals surface area contributed by atoms with Crippen molar-refractivity contribution in [3.8, 4) is 10.6 Å². The van der Waals surface area contributed by atoms with E-state index in [-0.39, 0.29) is 40.4 Å². The van der Waals surface area contributed by atoms with Crippen molar-refractivity contribution < 1.29 is 33.0 Å². The number of amides is 3. The Balaban J connectivity index is 1.67. The van der Waals surface area contributed by atoms with Gasteiger partial charge in [-0.3, -0.25) is 24.6 Å². The molecule has 1 aromatic heterocycles. The van der Waals surface area contributed by atoms with Gasteiger partial charge < -0.3 is 14.8 Å². The number of cyclic esters (lactones) is 1. The van der Waals surface area contributed by atoms with Crippen molar-refractivity contribution in [2.45, 2.75) is 20.0 Å². The third-order valence-corrected chi connectivity index (χ3v) is 4.90. The Labute approximate surface area is 179 Å². The Morgan fingerprint density at radius 1 is 1.32 bits per heavy atom. The topological polar surface area (TPSA) is 140 Å². The zero-order valence-electron chi connectivity index (χ0n) is 16.5. The van der Waals surface area contributed by atoms with Gasteiger partial charge in [-0.2, -0.15) is 0 Å². The molecule has 0 saturated carbocycles. The molecule has 1 aliphatic rings. The van der Waals surface area contributed by atoms with E-state index in [9.17, 15) is 23.6 Å². The molecule has 0 radical (unpaired) electrons. The molecule has 31 heavy (non-hydrogen) atoms. The molecule has 1 saturated heterocycles. The standard InChI is InChI=1S/C18H18FN5O6S/c1-9(25)20-6-12-7-24(18(28)30-12)11-3-4-13(14(19)5-11)16-22-23-17(31-16)21-15(27)8-29-10(2)26/h3-5,12H,6-8H2,1-2H3,(H,20,25)(H,21,23,27). The van der Waals surface area contributed by atoms with Crippen LogP contribution in [0.25, 0.3) is 10.6 Å². The Hall–Kier alpha value is -3.61. The van der Waals surface area contributed by atoms with E-state index in [4.69, 9.17) is 4.74 Å². The summed E-state index contributed by atoms with van der Waals surface area (Å²) >= 11 is 0.931. The number of rotatable bonds is 7. The lowest BCUT2D eigenvalue weighted by Crippen LogP contribution is -2.33. The van der Waals surface area contributed by atoms with E-state index < -0.39 is 36.5 Å². The minimum atomic E-state index is -0.649. The second-order valence-electron chi connectivity index (χ2n) is 6.46. The smallest absolute Gasteiger partial charge is 0.414 e. The van der Waals surface area contributed by atoms with Crippen LogP contribution < -0.4 is 15.5 Å². The number of esters is 1. The number of ether oxygens (including phenoxy) is 2. The van der Waals surface area contributed by atoms with E-state index in [1.165, 1.54) is 30.9 Å². The summed E-state index contributed by atoms with van der Waals surface area (Å²) in [6.07, 6.45) is -1.18. The zero-order valence-corrected chi connectivity index (χ0v) is 17.3. The van der Waals surface area contributed by atoms with Crippen molar-refractivity contribution in [2.24, 2.45) is 0 Å². The fourth-order valence-corrected chi connectivity index (χ4v) is 3.43. The highest BCUT2D eigenvalue weighted by atomic mass is 32.1. The van der Waals surface area contributed by atoms with Gasteiger partial charge in [-0.05, 0) is 18.2 Å². The van der Waals surface area contributed by atoms with Crippen LogP contribution in [0.4, 0.5) is 20.0 Å². The van der Waals surface area contributed by atoms with Crippen molar-refractivity contribution in [3.05, 3.63) is 24.0 Å². The largest absolute Gasteiger partial charge is 0.456 e. The number of hydrogen-bond donors (Lipinski definition) is 2. The van der Waals surface area contributed by atoms with E-state index in [1.807, 2.05) is 0 Å². The summed E-state index contributed by atoms with van der Waals surface area (Å²) in [7, 11) is 0. The predicted octanol–water partition coefficient (Wildman–Crippen LogP) is 1.31. The summed E-state index contributed by atoms with van der Waals surface area (Å²) in [5.41, 5.74) is 0.417. The number of anilines is 2. The van der Waals surface area contributed by atoms with E-state index >= 15 is 0 Å². The fourth-order valence-electron chi connectivity index (χ4n) is 2.65. The Morgan fingerprint density at radius 2 is 2.10 bits per heavy atom. The van der Waals surface area contributed by atoms with Gasteiger partial charge in [0.25, 0.3) is 5.91 Å². The number of halogens is 1. The van der Waals surface area contributed by atoms with Crippen LogP contribution in [-0.4, -0.2) is 59.9 Å². The average Bonchev–Trinajstić information content (AvgIpc) is 3.31. The molecule has 1 atom stereocenters. The van der Waals surface area contributed by atoms with Crippen LogP contribution in [0.3, 0.4) is 0 Å². The molecule has 2 N–H and O–H groups in total. The third-order valence-electron chi connectivity index (χ3n) is 4.03. The van der Waals surface area contributed by atoms with Crippen molar-refractivity contribution >= 4 is 46.0 Å². The number of aromatic nitrogens is 2. The highest BCUT2D eigenvalue weighted by Gasteiger charge is 2.32. The summed E-state index contributed by atoms with van der Waals surface area (Å²) in [5, 5.41) is 12.9. The first-order valence-corrected chi connectivity index (χ1v) is 9.84. The first kappa shape index (κ1) is 22.1. The van der Waals surface area contributed by atoms with Crippen LogP contribution in [0, 0.1) is 5.82 Å². The van der Waals surface area contributed by atoms with E-state index in [0.29, 0.717) is 0 Å². The van der Waals surface area contributed by atoms with Crippen LogP contribution in [0.2, 0.25) is 0 Å². The van der Waals surface area contributed by atoms with Gasteiger partial charge in [-0.15, -0.1) is 10.2 Å². The lowest BCUT2D eigenvalue weighted by molar-refractivity contribution is -0.144. The highest BCUT2D eigenvalue weighted by molar-refractivity contribution is 7.18. The van der Waals surface area contributed by atoms with Gasteiger partial charge >= 0.3 is 12.1 Å². The lowest BCUT2D eigenvalue weighted by Gasteiger charge is -2.14. The monoisotopic (exact) mass is 451 g/mol. The van der Waals surface area contributed by atoms with Gasteiger partial charge in [-0.1, -0.05) is 11.3 Å². The quantitative estimate of drug-likeness (QED) is 0.601. The number of carbonyl (C=O) groups is 4. The van der Waals surface area contributed by atoms with Gasteiger partial charge in [0.1, 0.15) is 11.9 Å². The van der Waals surface area contributed by atoms with Gasteiger partial charge in [-0.25, -0.2) is 9.18 Å². The number of benzene rings is 1. The fraction of sp³-hybridized carbons (Fsp3) is 0.333. The maximum absolute atomic E-state index is 14.7. The maximum atomic E-state index is 14.7. The van der Waals surface area contributed by atoms with Gasteiger partial charge in [0.05, 0.1) is 18.8 Å². The van der Waals surface area contributed by atoms with Crippen molar-refractivity contribution in [1.82, 2.24) is 15.5 Å². The molecule has 2 heterocycles. The molecule has 1 aliphatic heterocycles.